The second-order valence-corrected chi connectivity index (χ2v) is 6.37. The fourth-order valence-electron chi connectivity index (χ4n) is 3.10. The molecule has 1 aliphatic rings. The molecule has 0 aliphatic carbocycles. The first kappa shape index (κ1) is 20.0. The molecule has 0 spiro atoms. The van der Waals surface area contributed by atoms with Crippen LogP contribution in [-0.2, 0) is 4.79 Å². The van der Waals surface area contributed by atoms with Gasteiger partial charge in [0.05, 0.1) is 11.8 Å². The zero-order valence-corrected chi connectivity index (χ0v) is 15.3. The molecule has 1 saturated heterocycles. The van der Waals surface area contributed by atoms with Gasteiger partial charge >= 0.3 is 0 Å². The Labute approximate surface area is 159 Å². The number of nitrogens with one attached hydrogen (secondary N) is 1. The number of nitrogens with zero attached hydrogens (tertiary/aromatic N) is 1. The van der Waals surface area contributed by atoms with Gasteiger partial charge in [-0.1, -0.05) is 30.3 Å². The Morgan fingerprint density at radius 2 is 1.88 bits per heavy atom. The highest BCUT2D eigenvalue weighted by molar-refractivity contribution is 5.93. The number of hydrogen-bond acceptors (Lipinski definition) is 4. The largest absolute Gasteiger partial charge is 0.472 e. The fourth-order valence-corrected chi connectivity index (χ4v) is 3.10. The zero-order chi connectivity index (χ0) is 17.6. The summed E-state index contributed by atoms with van der Waals surface area (Å²) in [5.41, 5.74) is 7.62. The first-order valence-corrected chi connectivity index (χ1v) is 8.55. The highest BCUT2D eigenvalue weighted by Crippen LogP contribution is 2.16. The lowest BCUT2D eigenvalue weighted by Crippen LogP contribution is -2.46. The molecule has 1 aromatic heterocycles. The summed E-state index contributed by atoms with van der Waals surface area (Å²) in [7, 11) is 0. The number of halogens is 1. The minimum atomic E-state index is -0.302. The molecule has 2 amide bonds. The number of rotatable bonds is 5. The van der Waals surface area contributed by atoms with Crippen LogP contribution in [0.2, 0.25) is 0 Å². The van der Waals surface area contributed by atoms with Gasteiger partial charge in [0.1, 0.15) is 6.26 Å². The van der Waals surface area contributed by atoms with Crippen LogP contribution in [0.1, 0.15) is 41.2 Å². The van der Waals surface area contributed by atoms with Crippen molar-refractivity contribution < 1.29 is 14.0 Å². The Balaban J connectivity index is 0.00000243. The maximum Gasteiger partial charge on any atom is 0.257 e. The molecular formula is C19H24ClN3O3. The normalized spacial score (nSPS) is 15.8. The lowest BCUT2D eigenvalue weighted by atomic mass is 10.0. The second kappa shape index (κ2) is 9.40. The Morgan fingerprint density at radius 3 is 2.50 bits per heavy atom. The summed E-state index contributed by atoms with van der Waals surface area (Å²) in [6.45, 7) is 1.25. The van der Waals surface area contributed by atoms with Gasteiger partial charge in [-0.2, -0.15) is 0 Å². The van der Waals surface area contributed by atoms with Gasteiger partial charge in [0.25, 0.3) is 5.91 Å². The molecule has 2 heterocycles. The molecule has 1 aliphatic heterocycles. The van der Waals surface area contributed by atoms with Crippen molar-refractivity contribution in [3.8, 4) is 0 Å². The number of nitrogens with two attached hydrogens (primary N) is 1. The molecule has 0 bridgehead atoms. The monoisotopic (exact) mass is 377 g/mol. The summed E-state index contributed by atoms with van der Waals surface area (Å²) in [5.74, 6) is -0.0689. The van der Waals surface area contributed by atoms with Crippen molar-refractivity contribution in [1.29, 1.82) is 0 Å². The third-order valence-electron chi connectivity index (χ3n) is 4.55. The van der Waals surface area contributed by atoms with Gasteiger partial charge in [-0.05, 0) is 24.5 Å². The number of amides is 2. The molecule has 1 aromatic carbocycles. The molecule has 6 nitrogen and oxygen atoms in total. The Bertz CT molecular complexity index is 698. The molecule has 26 heavy (non-hydrogen) atoms. The smallest absolute Gasteiger partial charge is 0.257 e. The van der Waals surface area contributed by atoms with E-state index in [1.165, 1.54) is 12.5 Å². The topological polar surface area (TPSA) is 88.6 Å². The van der Waals surface area contributed by atoms with E-state index in [-0.39, 0.29) is 42.7 Å². The Morgan fingerprint density at radius 1 is 1.19 bits per heavy atom. The number of likely N-dealkylation sites (tertiary alicyclic amines) is 1. The lowest BCUT2D eigenvalue weighted by Gasteiger charge is -2.32. The first-order valence-electron chi connectivity index (χ1n) is 8.55. The number of carbonyl (C=O) groups is 2. The summed E-state index contributed by atoms with van der Waals surface area (Å²) in [6.07, 6.45) is 4.71. The molecule has 7 heteroatoms. The van der Waals surface area contributed by atoms with E-state index in [0.29, 0.717) is 18.7 Å². The number of hydrogen-bond donors (Lipinski definition) is 2. The molecule has 0 saturated carbocycles. The minimum absolute atomic E-state index is 0. The van der Waals surface area contributed by atoms with E-state index < -0.39 is 0 Å². The predicted octanol–water partition coefficient (Wildman–Crippen LogP) is 2.51. The average molecular weight is 378 g/mol. The lowest BCUT2D eigenvalue weighted by molar-refractivity contribution is -0.122. The average Bonchev–Trinajstić information content (AvgIpc) is 3.17. The quantitative estimate of drug-likeness (QED) is 0.837. The van der Waals surface area contributed by atoms with Crippen LogP contribution in [0.4, 0.5) is 0 Å². The van der Waals surface area contributed by atoms with Crippen molar-refractivity contribution in [3.05, 3.63) is 60.1 Å². The molecule has 3 rings (SSSR count). The van der Waals surface area contributed by atoms with E-state index in [1.54, 1.807) is 11.0 Å². The van der Waals surface area contributed by atoms with E-state index in [0.717, 1.165) is 18.4 Å². The number of benzene rings is 1. The van der Waals surface area contributed by atoms with E-state index >= 15 is 0 Å². The number of piperidine rings is 1. The molecule has 140 valence electrons. The van der Waals surface area contributed by atoms with Crippen molar-refractivity contribution >= 4 is 24.2 Å². The van der Waals surface area contributed by atoms with Crippen molar-refractivity contribution in [2.24, 2.45) is 5.73 Å². The molecule has 1 atom stereocenters. The van der Waals surface area contributed by atoms with Gasteiger partial charge in [0.15, 0.2) is 0 Å². The standard InChI is InChI=1S/C19H23N3O3.ClH/c20-17(14-4-2-1-3-5-14)12-18(23)21-16-6-9-22(10-7-16)19(24)15-8-11-25-13-15;/h1-5,8,11,13,16-17H,6-7,9-10,12,20H2,(H,21,23);1H. The van der Waals surface area contributed by atoms with Crippen molar-refractivity contribution in [2.75, 3.05) is 13.1 Å². The minimum Gasteiger partial charge on any atom is -0.472 e. The van der Waals surface area contributed by atoms with Gasteiger partial charge in [-0.3, -0.25) is 9.59 Å². The highest BCUT2D eigenvalue weighted by atomic mass is 35.5. The van der Waals surface area contributed by atoms with Gasteiger partial charge in [0, 0.05) is 31.6 Å². The second-order valence-electron chi connectivity index (χ2n) is 6.37. The van der Waals surface area contributed by atoms with E-state index in [2.05, 4.69) is 5.32 Å². The summed E-state index contributed by atoms with van der Waals surface area (Å²) in [4.78, 5) is 26.3. The molecule has 3 N–H and O–H groups in total. The van der Waals surface area contributed by atoms with Crippen LogP contribution in [-0.4, -0.2) is 35.8 Å². The van der Waals surface area contributed by atoms with Gasteiger partial charge in [0.2, 0.25) is 5.91 Å². The molecule has 2 aromatic rings. The van der Waals surface area contributed by atoms with Crippen molar-refractivity contribution in [2.45, 2.75) is 31.3 Å². The van der Waals surface area contributed by atoms with Crippen LogP contribution < -0.4 is 11.1 Å². The fraction of sp³-hybridized carbons (Fsp3) is 0.368. The Kier molecular flexibility index (Phi) is 7.24. The van der Waals surface area contributed by atoms with Crippen LogP contribution in [0.3, 0.4) is 0 Å². The first-order chi connectivity index (χ1) is 12.1. The summed E-state index contributed by atoms with van der Waals surface area (Å²) in [6, 6.07) is 11.1. The van der Waals surface area contributed by atoms with Crippen LogP contribution in [0.15, 0.2) is 53.3 Å². The SMILES string of the molecule is Cl.NC(CC(=O)NC1CCN(C(=O)c2ccoc2)CC1)c1ccccc1. The van der Waals surface area contributed by atoms with Crippen molar-refractivity contribution in [3.63, 3.8) is 0 Å². The molecule has 1 fully saturated rings. The predicted molar refractivity (Wildman–Crippen MR) is 101 cm³/mol. The zero-order valence-electron chi connectivity index (χ0n) is 14.5. The van der Waals surface area contributed by atoms with Gasteiger partial charge in [-0.25, -0.2) is 0 Å². The van der Waals surface area contributed by atoms with Crippen LogP contribution in [0.25, 0.3) is 0 Å². The maximum absolute atomic E-state index is 12.3. The van der Waals surface area contributed by atoms with E-state index in [1.807, 2.05) is 30.3 Å². The highest BCUT2D eigenvalue weighted by Gasteiger charge is 2.25. The van der Waals surface area contributed by atoms with Crippen LogP contribution in [0, 0.1) is 0 Å². The number of carbonyl (C=O) groups excluding carboxylic acids is 2. The van der Waals surface area contributed by atoms with Gasteiger partial charge < -0.3 is 20.4 Å². The number of furan rings is 1. The van der Waals surface area contributed by atoms with E-state index in [4.69, 9.17) is 10.2 Å². The molecule has 0 radical (unpaired) electrons. The molecule has 1 unspecified atom stereocenters. The van der Waals surface area contributed by atoms with E-state index in [9.17, 15) is 9.59 Å². The van der Waals surface area contributed by atoms with Gasteiger partial charge in [-0.15, -0.1) is 12.4 Å². The summed E-state index contributed by atoms with van der Waals surface area (Å²) >= 11 is 0. The summed E-state index contributed by atoms with van der Waals surface area (Å²) < 4.78 is 4.96. The van der Waals surface area contributed by atoms with Crippen LogP contribution in [0.5, 0.6) is 0 Å². The Hall–Kier alpha value is -2.31. The third-order valence-corrected chi connectivity index (χ3v) is 4.55. The van der Waals surface area contributed by atoms with Crippen LogP contribution >= 0.6 is 12.4 Å². The summed E-state index contributed by atoms with van der Waals surface area (Å²) in [5, 5.41) is 3.04. The molecular weight excluding hydrogens is 354 g/mol. The third kappa shape index (κ3) is 5.09. The maximum atomic E-state index is 12.3. The van der Waals surface area contributed by atoms with Crippen molar-refractivity contribution in [1.82, 2.24) is 10.2 Å².